The average Bonchev–Trinajstić information content (AvgIpc) is 3.39. The number of carboxylic acid groups (broad SMARTS) is 1. The van der Waals surface area contributed by atoms with E-state index in [9.17, 15) is 24.6 Å². The number of aliphatic hydroxyl groups excluding tert-OH is 1. The molecule has 34 heavy (non-hydrogen) atoms. The van der Waals surface area contributed by atoms with E-state index < -0.39 is 53.6 Å². The number of likely N-dealkylation sites (tertiary alicyclic amines) is 1. The molecule has 3 heterocycles. The third kappa shape index (κ3) is 3.55. The summed E-state index contributed by atoms with van der Waals surface area (Å²) in [6, 6.07) is 7.24. The van der Waals surface area contributed by atoms with Crippen molar-refractivity contribution >= 4 is 17.8 Å². The summed E-state index contributed by atoms with van der Waals surface area (Å²) >= 11 is 0. The van der Waals surface area contributed by atoms with Crippen LogP contribution < -0.4 is 0 Å². The lowest BCUT2D eigenvalue weighted by atomic mass is 9.66. The number of aliphatic carboxylic acids is 1. The smallest absolute Gasteiger partial charge is 0.310 e. The van der Waals surface area contributed by atoms with Crippen LogP contribution in [0.15, 0.2) is 43.0 Å². The molecular weight excluding hydrogens is 436 g/mol. The topological polar surface area (TPSA) is 107 Å². The first-order valence-corrected chi connectivity index (χ1v) is 12.1. The van der Waals surface area contributed by atoms with Crippen molar-refractivity contribution in [1.29, 1.82) is 0 Å². The van der Waals surface area contributed by atoms with Gasteiger partial charge in [-0.3, -0.25) is 14.4 Å². The van der Waals surface area contributed by atoms with Gasteiger partial charge in [-0.15, -0.1) is 6.58 Å². The van der Waals surface area contributed by atoms with Crippen molar-refractivity contribution in [2.75, 3.05) is 19.7 Å². The normalized spacial score (nSPS) is 32.5. The number of carbonyl (C=O) groups is 3. The predicted octanol–water partition coefficient (Wildman–Crippen LogP) is 2.38. The number of hydrogen-bond acceptors (Lipinski definition) is 5. The van der Waals surface area contributed by atoms with Crippen molar-refractivity contribution in [1.82, 2.24) is 9.80 Å². The molecule has 184 valence electrons. The van der Waals surface area contributed by atoms with Gasteiger partial charge in [-0.05, 0) is 31.7 Å². The van der Waals surface area contributed by atoms with E-state index in [1.165, 1.54) is 4.90 Å². The number of benzene rings is 1. The zero-order chi connectivity index (χ0) is 24.7. The fourth-order valence-corrected chi connectivity index (χ4v) is 6.35. The molecule has 4 rings (SSSR count). The maximum Gasteiger partial charge on any atom is 0.310 e. The fraction of sp³-hybridized carbons (Fsp3) is 0.577. The van der Waals surface area contributed by atoms with E-state index in [4.69, 9.17) is 4.74 Å². The van der Waals surface area contributed by atoms with Crippen molar-refractivity contribution in [3.05, 3.63) is 48.6 Å². The second kappa shape index (κ2) is 9.15. The Hall–Kier alpha value is -2.71. The molecular formula is C26H34N2O6. The van der Waals surface area contributed by atoms with E-state index in [0.29, 0.717) is 31.5 Å². The molecule has 0 aliphatic carbocycles. The van der Waals surface area contributed by atoms with Gasteiger partial charge in [0, 0.05) is 13.1 Å². The summed E-state index contributed by atoms with van der Waals surface area (Å²) in [7, 11) is 0. The second-order valence-corrected chi connectivity index (χ2v) is 9.85. The highest BCUT2D eigenvalue weighted by atomic mass is 16.5. The van der Waals surface area contributed by atoms with Crippen LogP contribution in [0.2, 0.25) is 0 Å². The molecule has 3 aliphatic rings. The largest absolute Gasteiger partial charge is 0.481 e. The molecule has 2 unspecified atom stereocenters. The summed E-state index contributed by atoms with van der Waals surface area (Å²) in [4.78, 5) is 43.6. The number of carbonyl (C=O) groups excluding carboxylic acids is 2. The zero-order valence-electron chi connectivity index (χ0n) is 19.9. The van der Waals surface area contributed by atoms with Gasteiger partial charge in [0.05, 0.1) is 30.1 Å². The van der Waals surface area contributed by atoms with Crippen molar-refractivity contribution in [2.45, 2.75) is 62.8 Å². The molecule has 0 radical (unpaired) electrons. The molecule has 0 saturated carbocycles. The Labute approximate surface area is 200 Å². The molecule has 1 spiro atoms. The average molecular weight is 471 g/mol. The first kappa shape index (κ1) is 24.4. The van der Waals surface area contributed by atoms with Crippen LogP contribution in [0.1, 0.15) is 51.1 Å². The number of hydrogen-bond donors (Lipinski definition) is 2. The minimum Gasteiger partial charge on any atom is -0.481 e. The number of rotatable bonds is 10. The molecule has 8 nitrogen and oxygen atoms in total. The van der Waals surface area contributed by atoms with Crippen LogP contribution in [0.5, 0.6) is 0 Å². The molecule has 2 bridgehead atoms. The van der Waals surface area contributed by atoms with Gasteiger partial charge in [0.2, 0.25) is 11.8 Å². The number of nitrogens with zero attached hydrogens (tertiary/aromatic N) is 2. The number of aliphatic hydroxyl groups is 1. The molecule has 1 aromatic carbocycles. The Morgan fingerprint density at radius 3 is 2.62 bits per heavy atom. The summed E-state index contributed by atoms with van der Waals surface area (Å²) in [6.45, 7) is 7.97. The van der Waals surface area contributed by atoms with Crippen molar-refractivity contribution in [2.24, 2.45) is 11.8 Å². The van der Waals surface area contributed by atoms with Crippen LogP contribution >= 0.6 is 0 Å². The van der Waals surface area contributed by atoms with E-state index in [0.717, 1.165) is 12.8 Å². The molecule has 0 aromatic heterocycles. The van der Waals surface area contributed by atoms with Crippen LogP contribution in [0.4, 0.5) is 0 Å². The summed E-state index contributed by atoms with van der Waals surface area (Å²) in [5.74, 6) is -3.84. The summed E-state index contributed by atoms with van der Waals surface area (Å²) in [6.07, 6.45) is 4.20. The van der Waals surface area contributed by atoms with Crippen molar-refractivity contribution in [3.8, 4) is 0 Å². The highest BCUT2D eigenvalue weighted by molar-refractivity contribution is 5.98. The van der Waals surface area contributed by atoms with Gasteiger partial charge >= 0.3 is 5.97 Å². The highest BCUT2D eigenvalue weighted by Crippen LogP contribution is 2.64. The minimum atomic E-state index is -1.24. The van der Waals surface area contributed by atoms with Gasteiger partial charge in [-0.1, -0.05) is 49.8 Å². The Morgan fingerprint density at radius 1 is 1.32 bits per heavy atom. The third-order valence-corrected chi connectivity index (χ3v) is 7.85. The number of carboxylic acids is 1. The first-order chi connectivity index (χ1) is 16.3. The fourth-order valence-electron chi connectivity index (χ4n) is 6.35. The van der Waals surface area contributed by atoms with Gasteiger partial charge in [0.1, 0.15) is 11.6 Å². The third-order valence-electron chi connectivity index (χ3n) is 7.85. The molecule has 6 atom stereocenters. The lowest BCUT2D eigenvalue weighted by Crippen LogP contribution is -2.57. The van der Waals surface area contributed by atoms with Gasteiger partial charge in [0.25, 0.3) is 0 Å². The molecule has 2 amide bonds. The van der Waals surface area contributed by atoms with Crippen LogP contribution in [0.3, 0.4) is 0 Å². The molecule has 3 saturated heterocycles. The van der Waals surface area contributed by atoms with Crippen molar-refractivity contribution < 1.29 is 29.3 Å². The second-order valence-electron chi connectivity index (χ2n) is 9.85. The minimum absolute atomic E-state index is 0.283. The first-order valence-electron chi connectivity index (χ1n) is 12.1. The van der Waals surface area contributed by atoms with E-state index >= 15 is 0 Å². The summed E-state index contributed by atoms with van der Waals surface area (Å²) < 4.78 is 6.44. The number of unbranched alkanes of at least 4 members (excludes halogenated alkanes) is 1. The maximum atomic E-state index is 14.1. The SMILES string of the molecule is C=CCN(CCCC)C(=O)C1N([C@H](CO)c2ccccc2)C(=O)[C@@H]2[C@H](C(=O)O)[C@]3(C)CCC12O3. The molecule has 3 fully saturated rings. The standard InChI is InChI=1S/C26H34N2O6/c1-4-6-15-27(14-5-2)23(31)21-26-13-12-25(3,34-26)20(24(32)33)19(26)22(30)28(21)18(16-29)17-10-8-7-9-11-17/h5,7-11,18-21,29H,2,4,6,12-16H2,1,3H3,(H,32,33)/t18-,19+,20-,21?,25+,26?/m1/s1. The van der Waals surface area contributed by atoms with Gasteiger partial charge < -0.3 is 24.7 Å². The van der Waals surface area contributed by atoms with Gasteiger partial charge in [0.15, 0.2) is 0 Å². The number of fused-ring (bicyclic) bond motifs is 1. The quantitative estimate of drug-likeness (QED) is 0.509. The lowest BCUT2D eigenvalue weighted by molar-refractivity contribution is -0.158. The van der Waals surface area contributed by atoms with Crippen molar-refractivity contribution in [3.63, 3.8) is 0 Å². The van der Waals surface area contributed by atoms with Crippen LogP contribution in [-0.2, 0) is 19.1 Å². The molecule has 1 aromatic rings. The van der Waals surface area contributed by atoms with Crippen LogP contribution in [0.25, 0.3) is 0 Å². The molecule has 8 heteroatoms. The van der Waals surface area contributed by atoms with Crippen LogP contribution in [-0.4, -0.2) is 74.7 Å². The molecule has 3 aliphatic heterocycles. The Balaban J connectivity index is 1.84. The van der Waals surface area contributed by atoms with E-state index in [-0.39, 0.29) is 5.91 Å². The van der Waals surface area contributed by atoms with E-state index in [1.807, 2.05) is 25.1 Å². The maximum absolute atomic E-state index is 14.1. The van der Waals surface area contributed by atoms with E-state index in [1.54, 1.807) is 30.0 Å². The Kier molecular flexibility index (Phi) is 6.57. The monoisotopic (exact) mass is 470 g/mol. The highest BCUT2D eigenvalue weighted by Gasteiger charge is 2.78. The van der Waals surface area contributed by atoms with E-state index in [2.05, 4.69) is 6.58 Å². The Morgan fingerprint density at radius 2 is 2.03 bits per heavy atom. The lowest BCUT2D eigenvalue weighted by Gasteiger charge is -2.39. The van der Waals surface area contributed by atoms with Gasteiger partial charge in [-0.2, -0.15) is 0 Å². The summed E-state index contributed by atoms with van der Waals surface area (Å²) in [5.41, 5.74) is -1.56. The number of ether oxygens (including phenoxy) is 1. The number of amides is 2. The van der Waals surface area contributed by atoms with Crippen LogP contribution in [0, 0.1) is 11.8 Å². The zero-order valence-corrected chi connectivity index (χ0v) is 19.9. The van der Waals surface area contributed by atoms with Gasteiger partial charge in [-0.25, -0.2) is 0 Å². The summed E-state index contributed by atoms with van der Waals surface area (Å²) in [5, 5.41) is 20.5. The Bertz CT molecular complexity index is 967. The predicted molar refractivity (Wildman–Crippen MR) is 125 cm³/mol. The molecule has 2 N–H and O–H groups in total.